The molecule has 0 amide bonds. The minimum absolute atomic E-state index is 0.0958. The van der Waals surface area contributed by atoms with E-state index < -0.39 is 104 Å². The van der Waals surface area contributed by atoms with Gasteiger partial charge in [-0.1, -0.05) is 13.0 Å². The van der Waals surface area contributed by atoms with E-state index in [2.05, 4.69) is 0 Å². The van der Waals surface area contributed by atoms with Gasteiger partial charge < -0.3 is 54.3 Å². The van der Waals surface area contributed by atoms with Crippen LogP contribution < -0.4 is 0 Å². The first-order valence-electron chi connectivity index (χ1n) is 13.5. The van der Waals surface area contributed by atoms with E-state index in [1.807, 2.05) is 0 Å². The molecular formula is C27H38O15. The van der Waals surface area contributed by atoms with Crippen LogP contribution in [0, 0.1) is 29.6 Å². The zero-order valence-corrected chi connectivity index (χ0v) is 23.4. The van der Waals surface area contributed by atoms with E-state index in [0.29, 0.717) is 12.8 Å². The molecule has 0 unspecified atom stereocenters. The lowest BCUT2D eigenvalue weighted by Gasteiger charge is -2.41. The SMILES string of the molecule is C/C=C1\[C@H](O[C@@H]2O[C@H](CO)[C@@H](O)[C@H](O)[C@H]2O)OC=C(C(=O)OC)[C@H]1CC(=O)OC[C@@H](C(=O)O)[C@H]1CC[C@H](C)[C@H]1C(=O)O. The first kappa shape index (κ1) is 33.4. The number of carboxylic acids is 2. The van der Waals surface area contributed by atoms with Crippen molar-refractivity contribution in [2.24, 2.45) is 29.6 Å². The molecule has 236 valence electrons. The fraction of sp³-hybridized carbons (Fsp3) is 0.704. The van der Waals surface area contributed by atoms with Crippen molar-refractivity contribution in [3.05, 3.63) is 23.5 Å². The van der Waals surface area contributed by atoms with Crippen molar-refractivity contribution in [3.8, 4) is 0 Å². The lowest BCUT2D eigenvalue weighted by molar-refractivity contribution is -0.327. The summed E-state index contributed by atoms with van der Waals surface area (Å²) in [4.78, 5) is 49.3. The number of aliphatic hydroxyl groups is 4. The third kappa shape index (κ3) is 7.10. The fourth-order valence-corrected chi connectivity index (χ4v) is 5.83. The second-order valence-corrected chi connectivity index (χ2v) is 10.6. The molecule has 0 aromatic carbocycles. The van der Waals surface area contributed by atoms with E-state index in [-0.39, 0.29) is 17.1 Å². The van der Waals surface area contributed by atoms with Gasteiger partial charge in [-0.3, -0.25) is 14.4 Å². The smallest absolute Gasteiger partial charge is 0.337 e. The van der Waals surface area contributed by atoms with Crippen LogP contribution in [0.5, 0.6) is 0 Å². The average molecular weight is 603 g/mol. The van der Waals surface area contributed by atoms with Crippen LogP contribution in [0.15, 0.2) is 23.5 Å². The summed E-state index contributed by atoms with van der Waals surface area (Å²) in [6.45, 7) is 2.01. The highest BCUT2D eigenvalue weighted by Gasteiger charge is 2.48. The lowest BCUT2D eigenvalue weighted by atomic mass is 9.81. The van der Waals surface area contributed by atoms with Crippen LogP contribution in [0.3, 0.4) is 0 Å². The van der Waals surface area contributed by atoms with Crippen LogP contribution in [0.4, 0.5) is 0 Å². The van der Waals surface area contributed by atoms with Gasteiger partial charge in [-0.25, -0.2) is 4.79 Å². The molecule has 0 spiro atoms. The average Bonchev–Trinajstić information content (AvgIpc) is 3.33. The number of carbonyl (C=O) groups is 4. The molecule has 3 rings (SSSR count). The standard InChI is InChI=1S/C27H38O15/c1-4-12-14(7-18(29)39-9-15(23(33)34)13-6-5-11(2)19(13)24(35)36)16(25(37)38-3)10-40-26(12)42-27-22(32)21(31)20(30)17(8-28)41-27/h4,10-11,13-15,17,19-22,26-28,30-32H,5-9H2,1-3H3,(H,33,34)(H,35,36)/b12-4-/t11-,13+,14-,15+,17+,19+,20+,21-,22+,26-,27-/m0/s1. The molecule has 1 saturated carbocycles. The molecule has 2 heterocycles. The van der Waals surface area contributed by atoms with Crippen LogP contribution in [0.1, 0.15) is 33.1 Å². The van der Waals surface area contributed by atoms with Crippen LogP contribution in [-0.2, 0) is 42.9 Å². The van der Waals surface area contributed by atoms with Crippen molar-refractivity contribution >= 4 is 23.9 Å². The fourth-order valence-electron chi connectivity index (χ4n) is 5.83. The topological polar surface area (TPSA) is 236 Å². The highest BCUT2D eigenvalue weighted by atomic mass is 16.8. The summed E-state index contributed by atoms with van der Waals surface area (Å²) in [6, 6.07) is 0. The van der Waals surface area contributed by atoms with Crippen LogP contribution in [0.25, 0.3) is 0 Å². The number of carbonyl (C=O) groups excluding carboxylic acids is 2. The Morgan fingerprint density at radius 3 is 2.36 bits per heavy atom. The van der Waals surface area contributed by atoms with E-state index in [0.717, 1.165) is 13.4 Å². The van der Waals surface area contributed by atoms with Gasteiger partial charge in [-0.2, -0.15) is 0 Å². The van der Waals surface area contributed by atoms with E-state index >= 15 is 0 Å². The van der Waals surface area contributed by atoms with Gasteiger partial charge in [0.05, 0.1) is 43.8 Å². The zero-order valence-electron chi connectivity index (χ0n) is 23.4. The molecule has 2 fully saturated rings. The second-order valence-electron chi connectivity index (χ2n) is 10.6. The Morgan fingerprint density at radius 2 is 1.79 bits per heavy atom. The summed E-state index contributed by atoms with van der Waals surface area (Å²) >= 11 is 0. The number of aliphatic hydroxyl groups excluding tert-OH is 4. The van der Waals surface area contributed by atoms with Gasteiger partial charge in [0.1, 0.15) is 31.0 Å². The predicted molar refractivity (Wildman–Crippen MR) is 137 cm³/mol. The number of carboxylic acid groups (broad SMARTS) is 2. The van der Waals surface area contributed by atoms with Gasteiger partial charge >= 0.3 is 23.9 Å². The number of methoxy groups -OCH3 is 1. The van der Waals surface area contributed by atoms with Gasteiger partial charge in [0.15, 0.2) is 6.29 Å². The molecule has 1 saturated heterocycles. The Balaban J connectivity index is 1.77. The summed E-state index contributed by atoms with van der Waals surface area (Å²) in [5.74, 6) is -8.33. The summed E-state index contributed by atoms with van der Waals surface area (Å²) < 4.78 is 26.7. The molecule has 0 aromatic rings. The van der Waals surface area contributed by atoms with E-state index in [4.69, 9.17) is 23.7 Å². The number of allylic oxidation sites excluding steroid dienone is 1. The van der Waals surface area contributed by atoms with E-state index in [1.165, 1.54) is 6.08 Å². The van der Waals surface area contributed by atoms with Gasteiger partial charge in [-0.15, -0.1) is 0 Å². The Hall–Kier alpha value is -3.08. The van der Waals surface area contributed by atoms with Gasteiger partial charge in [0.2, 0.25) is 6.29 Å². The van der Waals surface area contributed by atoms with Crippen molar-refractivity contribution in [2.75, 3.05) is 20.3 Å². The number of hydrogen-bond acceptors (Lipinski definition) is 13. The van der Waals surface area contributed by atoms with E-state index in [1.54, 1.807) is 13.8 Å². The molecule has 15 heteroatoms. The summed E-state index contributed by atoms with van der Waals surface area (Å²) in [7, 11) is 1.11. The van der Waals surface area contributed by atoms with Crippen molar-refractivity contribution in [3.63, 3.8) is 0 Å². The van der Waals surface area contributed by atoms with Crippen molar-refractivity contribution < 1.29 is 73.5 Å². The van der Waals surface area contributed by atoms with Crippen LogP contribution in [0.2, 0.25) is 0 Å². The lowest BCUT2D eigenvalue weighted by Crippen LogP contribution is -2.60. The normalized spacial score (nSPS) is 36.5. The number of rotatable bonds is 11. The summed E-state index contributed by atoms with van der Waals surface area (Å²) in [5.41, 5.74) is 0.0960. The third-order valence-electron chi connectivity index (χ3n) is 8.17. The van der Waals surface area contributed by atoms with Crippen molar-refractivity contribution in [1.29, 1.82) is 0 Å². The number of hydrogen-bond donors (Lipinski definition) is 6. The highest BCUT2D eigenvalue weighted by Crippen LogP contribution is 2.42. The molecule has 1 aliphatic carbocycles. The molecule has 0 bridgehead atoms. The number of esters is 2. The van der Waals surface area contributed by atoms with Crippen LogP contribution in [-0.4, -0.2) is 112 Å². The molecule has 2 aliphatic heterocycles. The Labute approximate surface area is 241 Å². The molecule has 6 N–H and O–H groups in total. The zero-order chi connectivity index (χ0) is 31.3. The van der Waals surface area contributed by atoms with E-state index in [9.17, 15) is 49.8 Å². The quantitative estimate of drug-likeness (QED) is 0.125. The highest BCUT2D eigenvalue weighted by molar-refractivity contribution is 5.90. The Bertz CT molecular complexity index is 1070. The monoisotopic (exact) mass is 602 g/mol. The first-order chi connectivity index (χ1) is 19.9. The third-order valence-corrected chi connectivity index (χ3v) is 8.17. The maximum atomic E-state index is 13.0. The molecule has 42 heavy (non-hydrogen) atoms. The van der Waals surface area contributed by atoms with Crippen LogP contribution >= 0.6 is 0 Å². The van der Waals surface area contributed by atoms with Gasteiger partial charge in [-0.05, 0) is 31.6 Å². The first-order valence-corrected chi connectivity index (χ1v) is 13.5. The van der Waals surface area contributed by atoms with Crippen molar-refractivity contribution in [2.45, 2.75) is 70.1 Å². The largest absolute Gasteiger partial charge is 0.481 e. The number of aliphatic carboxylic acids is 2. The Morgan fingerprint density at radius 1 is 1.10 bits per heavy atom. The second kappa shape index (κ2) is 14.4. The maximum Gasteiger partial charge on any atom is 0.337 e. The molecule has 15 nitrogen and oxygen atoms in total. The maximum absolute atomic E-state index is 13.0. The Kier molecular flexibility index (Phi) is 11.5. The van der Waals surface area contributed by atoms with Crippen molar-refractivity contribution in [1.82, 2.24) is 0 Å². The number of ether oxygens (including phenoxy) is 5. The molecule has 3 aliphatic rings. The minimum Gasteiger partial charge on any atom is -0.481 e. The minimum atomic E-state index is -1.75. The van der Waals surface area contributed by atoms with Gasteiger partial charge in [0, 0.05) is 11.5 Å². The summed E-state index contributed by atoms with van der Waals surface area (Å²) in [5, 5.41) is 59.3. The summed E-state index contributed by atoms with van der Waals surface area (Å²) in [6.07, 6.45) is -6.48. The molecule has 0 radical (unpaired) electrons. The molecular weight excluding hydrogens is 564 g/mol. The molecule has 11 atom stereocenters. The molecule has 0 aromatic heterocycles. The predicted octanol–water partition coefficient (Wildman–Crippen LogP) is -0.840. The van der Waals surface area contributed by atoms with Gasteiger partial charge in [0.25, 0.3) is 0 Å².